The van der Waals surface area contributed by atoms with Crippen molar-refractivity contribution in [3.63, 3.8) is 0 Å². The van der Waals surface area contributed by atoms with Crippen LogP contribution in [0.5, 0.6) is 5.75 Å². The number of benzene rings is 3. The van der Waals surface area contributed by atoms with Crippen molar-refractivity contribution in [2.24, 2.45) is 0 Å². The number of hydrogen-bond acceptors (Lipinski definition) is 4. The summed E-state index contributed by atoms with van der Waals surface area (Å²) in [7, 11) is 1.55. The minimum atomic E-state index is -0.400. The van der Waals surface area contributed by atoms with Crippen molar-refractivity contribution in [3.8, 4) is 16.9 Å². The third-order valence-corrected chi connectivity index (χ3v) is 4.97. The van der Waals surface area contributed by atoms with E-state index in [1.54, 1.807) is 55.6 Å². The molecule has 0 unspecified atom stereocenters. The van der Waals surface area contributed by atoms with E-state index in [0.29, 0.717) is 32.9 Å². The largest absolute Gasteiger partial charge is 0.497 e. The molecule has 0 aliphatic carbocycles. The molecule has 0 bridgehead atoms. The lowest BCUT2D eigenvalue weighted by atomic mass is 10.0. The number of hydrogen-bond donors (Lipinski definition) is 1. The van der Waals surface area contributed by atoms with Gasteiger partial charge in [-0.3, -0.25) is 14.9 Å². The van der Waals surface area contributed by atoms with Gasteiger partial charge < -0.3 is 9.15 Å². The Labute approximate surface area is 177 Å². The molecule has 150 valence electrons. The van der Waals surface area contributed by atoms with E-state index >= 15 is 0 Å². The Hall–Kier alpha value is -3.57. The molecule has 5 nitrogen and oxygen atoms in total. The van der Waals surface area contributed by atoms with E-state index in [1.807, 2.05) is 25.1 Å². The first-order valence-corrected chi connectivity index (χ1v) is 9.63. The quantitative estimate of drug-likeness (QED) is 0.462. The van der Waals surface area contributed by atoms with E-state index < -0.39 is 5.91 Å². The molecule has 0 aliphatic rings. The minimum Gasteiger partial charge on any atom is -0.497 e. The van der Waals surface area contributed by atoms with Crippen LogP contribution < -0.4 is 15.5 Å². The average molecular weight is 420 g/mol. The van der Waals surface area contributed by atoms with Crippen molar-refractivity contribution in [2.45, 2.75) is 6.92 Å². The molecule has 3 aromatic carbocycles. The van der Waals surface area contributed by atoms with Gasteiger partial charge in [-0.1, -0.05) is 41.4 Å². The Morgan fingerprint density at radius 2 is 1.80 bits per heavy atom. The number of ether oxygens (including phenoxy) is 1. The van der Waals surface area contributed by atoms with Gasteiger partial charge in [0.2, 0.25) is 11.3 Å². The predicted octanol–water partition coefficient (Wildman–Crippen LogP) is 5.68. The van der Waals surface area contributed by atoms with Gasteiger partial charge in [0.1, 0.15) is 11.3 Å². The van der Waals surface area contributed by atoms with Crippen molar-refractivity contribution < 1.29 is 13.9 Å². The molecule has 0 atom stereocenters. The molecule has 1 amide bonds. The highest BCUT2D eigenvalue weighted by molar-refractivity contribution is 6.31. The Morgan fingerprint density at radius 3 is 2.50 bits per heavy atom. The second-order valence-electron chi connectivity index (χ2n) is 6.83. The van der Waals surface area contributed by atoms with E-state index in [9.17, 15) is 9.59 Å². The fraction of sp³-hybridized carbons (Fsp3) is 0.0833. The highest BCUT2D eigenvalue weighted by Crippen LogP contribution is 2.30. The van der Waals surface area contributed by atoms with Crippen LogP contribution in [-0.2, 0) is 0 Å². The number of carbonyl (C=O) groups is 1. The van der Waals surface area contributed by atoms with E-state index in [4.69, 9.17) is 20.8 Å². The normalized spacial score (nSPS) is 10.8. The van der Waals surface area contributed by atoms with Crippen molar-refractivity contribution in [1.29, 1.82) is 0 Å². The number of carbonyl (C=O) groups excluding carboxylic acids is 1. The summed E-state index contributed by atoms with van der Waals surface area (Å²) in [5.41, 5.74) is 2.38. The average Bonchev–Trinajstić information content (AvgIpc) is 2.74. The molecule has 0 spiro atoms. The number of fused-ring (bicyclic) bond motifs is 1. The van der Waals surface area contributed by atoms with Gasteiger partial charge in [-0.25, -0.2) is 0 Å². The number of amides is 1. The lowest BCUT2D eigenvalue weighted by Crippen LogP contribution is -2.16. The molecule has 0 fully saturated rings. The summed E-state index contributed by atoms with van der Waals surface area (Å²) in [5, 5.41) is 3.53. The molecule has 1 heterocycles. The second kappa shape index (κ2) is 8.05. The first-order valence-electron chi connectivity index (χ1n) is 9.25. The van der Waals surface area contributed by atoms with Crippen molar-refractivity contribution in [2.75, 3.05) is 12.4 Å². The number of rotatable bonds is 4. The lowest BCUT2D eigenvalue weighted by molar-refractivity contribution is 0.102. The van der Waals surface area contributed by atoms with Gasteiger partial charge in [0.25, 0.3) is 5.91 Å². The molecule has 4 rings (SSSR count). The van der Waals surface area contributed by atoms with Gasteiger partial charge in [0, 0.05) is 10.6 Å². The smallest absolute Gasteiger partial charge is 0.257 e. The minimum absolute atomic E-state index is 0.0845. The zero-order chi connectivity index (χ0) is 21.3. The summed E-state index contributed by atoms with van der Waals surface area (Å²) in [5.74, 6) is 0.324. The zero-order valence-electron chi connectivity index (χ0n) is 16.4. The Balaban J connectivity index is 1.86. The van der Waals surface area contributed by atoms with E-state index in [-0.39, 0.29) is 16.9 Å². The van der Waals surface area contributed by atoms with E-state index in [0.717, 1.165) is 5.56 Å². The van der Waals surface area contributed by atoms with Gasteiger partial charge in [0.05, 0.1) is 18.1 Å². The third-order valence-electron chi connectivity index (χ3n) is 4.74. The van der Waals surface area contributed by atoms with Gasteiger partial charge in [-0.05, 0) is 55.0 Å². The molecule has 1 aromatic heterocycles. The molecule has 0 radical (unpaired) electrons. The summed E-state index contributed by atoms with van der Waals surface area (Å²) in [4.78, 5) is 26.2. The fourth-order valence-corrected chi connectivity index (χ4v) is 3.41. The highest BCUT2D eigenvalue weighted by atomic mass is 35.5. The monoisotopic (exact) mass is 419 g/mol. The summed E-state index contributed by atoms with van der Waals surface area (Å²) < 4.78 is 11.1. The summed E-state index contributed by atoms with van der Waals surface area (Å²) >= 11 is 6.08. The Morgan fingerprint density at radius 1 is 1.03 bits per heavy atom. The fourth-order valence-electron chi connectivity index (χ4n) is 3.24. The maximum atomic E-state index is 13.3. The van der Waals surface area contributed by atoms with E-state index in [1.165, 1.54) is 0 Å². The summed E-state index contributed by atoms with van der Waals surface area (Å²) in [6, 6.07) is 18.9. The van der Waals surface area contributed by atoms with Crippen LogP contribution in [0.1, 0.15) is 15.9 Å². The van der Waals surface area contributed by atoms with Crippen LogP contribution >= 0.6 is 11.6 Å². The number of aryl methyl sites for hydroxylation is 1. The van der Waals surface area contributed by atoms with Crippen LogP contribution in [0.3, 0.4) is 0 Å². The molecule has 30 heavy (non-hydrogen) atoms. The van der Waals surface area contributed by atoms with Crippen molar-refractivity contribution in [3.05, 3.63) is 93.1 Å². The maximum Gasteiger partial charge on any atom is 0.257 e. The predicted molar refractivity (Wildman–Crippen MR) is 119 cm³/mol. The van der Waals surface area contributed by atoms with Crippen LogP contribution in [0.4, 0.5) is 5.88 Å². The molecule has 4 aromatic rings. The number of halogens is 1. The SMILES string of the molecule is COc1ccc(C(=O)Nc2oc3ccc(Cl)cc3c(=O)c2-c2cccc(C)c2)cc1. The first-order chi connectivity index (χ1) is 14.5. The molecule has 1 N–H and O–H groups in total. The van der Waals surface area contributed by atoms with Gasteiger partial charge in [-0.2, -0.15) is 0 Å². The van der Waals surface area contributed by atoms with Crippen LogP contribution in [0.25, 0.3) is 22.1 Å². The number of methoxy groups -OCH3 is 1. The van der Waals surface area contributed by atoms with Crippen LogP contribution in [-0.4, -0.2) is 13.0 Å². The number of nitrogens with one attached hydrogen (secondary N) is 1. The Bertz CT molecular complexity index is 1310. The molecule has 0 saturated heterocycles. The molecule has 6 heteroatoms. The maximum absolute atomic E-state index is 13.3. The molecule has 0 saturated carbocycles. The molecule has 0 aliphatic heterocycles. The van der Waals surface area contributed by atoms with Gasteiger partial charge >= 0.3 is 0 Å². The van der Waals surface area contributed by atoms with E-state index in [2.05, 4.69) is 5.32 Å². The second-order valence-corrected chi connectivity index (χ2v) is 7.26. The standard InChI is InChI=1S/C24H18ClNO4/c1-14-4-3-5-16(12-14)21-22(27)19-13-17(25)8-11-20(19)30-24(21)26-23(28)15-6-9-18(29-2)10-7-15/h3-13H,1-2H3,(H,26,28). The summed E-state index contributed by atoms with van der Waals surface area (Å²) in [6.45, 7) is 1.93. The van der Waals surface area contributed by atoms with Crippen molar-refractivity contribution >= 4 is 34.4 Å². The Kier molecular flexibility index (Phi) is 5.29. The number of anilines is 1. The molecular weight excluding hydrogens is 402 g/mol. The van der Waals surface area contributed by atoms with Crippen LogP contribution in [0.2, 0.25) is 5.02 Å². The van der Waals surface area contributed by atoms with Crippen LogP contribution in [0.15, 0.2) is 75.9 Å². The summed E-state index contributed by atoms with van der Waals surface area (Å²) in [6.07, 6.45) is 0. The molecular formula is C24H18ClNO4. The lowest BCUT2D eigenvalue weighted by Gasteiger charge is -2.12. The van der Waals surface area contributed by atoms with Crippen molar-refractivity contribution in [1.82, 2.24) is 0 Å². The zero-order valence-corrected chi connectivity index (χ0v) is 17.1. The third kappa shape index (κ3) is 3.80. The highest BCUT2D eigenvalue weighted by Gasteiger charge is 2.19. The van der Waals surface area contributed by atoms with Crippen LogP contribution in [0, 0.1) is 6.92 Å². The van der Waals surface area contributed by atoms with Gasteiger partial charge in [-0.15, -0.1) is 0 Å². The topological polar surface area (TPSA) is 68.5 Å². The van der Waals surface area contributed by atoms with Gasteiger partial charge in [0.15, 0.2) is 0 Å². The first kappa shape index (κ1) is 19.7.